The fourth-order valence-electron chi connectivity index (χ4n) is 0.697. The van der Waals surface area contributed by atoms with Gasteiger partial charge in [0.2, 0.25) is 0 Å². The molecule has 0 aliphatic rings. The molecule has 0 aromatic heterocycles. The molecule has 0 saturated carbocycles. The average Bonchev–Trinajstić information content (AvgIpc) is 1.60. The summed E-state index contributed by atoms with van der Waals surface area (Å²) in [5.74, 6) is 0. The van der Waals surface area contributed by atoms with E-state index in [0.717, 1.165) is 0 Å². The van der Waals surface area contributed by atoms with Crippen molar-refractivity contribution in [3.05, 3.63) is 0 Å². The van der Waals surface area contributed by atoms with Crippen molar-refractivity contribution in [2.45, 2.75) is 0 Å². The molecule has 0 aromatic rings. The van der Waals surface area contributed by atoms with Gasteiger partial charge < -0.3 is 0 Å². The Morgan fingerprint density at radius 3 is 1.40 bits per heavy atom. The predicted molar refractivity (Wildman–Crippen MR) is 54.2 cm³/mol. The van der Waals surface area contributed by atoms with Crippen LogP contribution < -0.4 is 0 Å². The minimum absolute atomic E-state index is 0.973. The van der Waals surface area contributed by atoms with Crippen LogP contribution in [0.5, 0.6) is 0 Å². The number of hydrogen-bond acceptors (Lipinski definition) is 1. The maximum absolute atomic E-state index is 4.72. The van der Waals surface area contributed by atoms with Gasteiger partial charge in [-0.3, -0.25) is 9.26 Å². The molecule has 0 unspecified atom stereocenters. The maximum atomic E-state index is 4.72. The monoisotopic (exact) mass is 180 g/mol. The predicted octanol–water partition coefficient (Wildman–Crippen LogP) is 3.08. The molecule has 4 heteroatoms. The van der Waals surface area contributed by atoms with E-state index >= 15 is 0 Å². The molecule has 62 valence electrons. The first-order valence-electron chi connectivity index (χ1n) is 3.28. The van der Waals surface area contributed by atoms with Gasteiger partial charge in [-0.2, -0.15) is 0 Å². The Kier molecular flexibility index (Phi) is 3.39. The van der Waals surface area contributed by atoms with Gasteiger partial charge in [-0.25, -0.2) is 0 Å². The van der Waals surface area contributed by atoms with Crippen LogP contribution in [0.15, 0.2) is 9.26 Å². The highest BCUT2D eigenvalue weighted by molar-refractivity contribution is 7.75. The first-order chi connectivity index (χ1) is 4.27. The largest absolute Gasteiger partial charge is 0.285 e. The van der Waals surface area contributed by atoms with Crippen LogP contribution in [0.3, 0.4) is 0 Å². The standard InChI is InChI=1S/C6H18N2P2/c1-7-10(5,6)8-9(2,3)4/h1-6H3. The second-order valence-electron chi connectivity index (χ2n) is 3.57. The number of rotatable bonds is 1. The molecule has 0 aliphatic heterocycles. The zero-order chi connectivity index (χ0) is 8.41. The summed E-state index contributed by atoms with van der Waals surface area (Å²) in [7, 11) is -0.351. The van der Waals surface area contributed by atoms with Crippen LogP contribution in [0.1, 0.15) is 0 Å². The molecule has 0 rings (SSSR count). The smallest absolute Gasteiger partial charge is 0.0661 e. The third-order valence-electron chi connectivity index (χ3n) is 0.977. The van der Waals surface area contributed by atoms with E-state index in [9.17, 15) is 0 Å². The van der Waals surface area contributed by atoms with Crippen molar-refractivity contribution in [3.63, 3.8) is 0 Å². The second kappa shape index (κ2) is 3.24. The molecule has 0 heterocycles. The fraction of sp³-hybridized carbons (Fsp3) is 1.00. The molecule has 0 spiro atoms. The van der Waals surface area contributed by atoms with Crippen molar-refractivity contribution in [1.29, 1.82) is 0 Å². The van der Waals surface area contributed by atoms with E-state index in [4.69, 9.17) is 4.52 Å². The van der Waals surface area contributed by atoms with Crippen LogP contribution in [0.25, 0.3) is 0 Å². The lowest BCUT2D eigenvalue weighted by atomic mass is 11.6. The molecule has 0 atom stereocenters. The molecule has 2 nitrogen and oxygen atoms in total. The van der Waals surface area contributed by atoms with Gasteiger partial charge in [0.1, 0.15) is 0 Å². The SMILES string of the molecule is CN=P(C)(C)N=P(C)(C)C. The lowest BCUT2D eigenvalue weighted by Crippen LogP contribution is -1.73. The quantitative estimate of drug-likeness (QED) is 0.554. The van der Waals surface area contributed by atoms with Crippen LogP contribution >= 0.6 is 14.3 Å². The van der Waals surface area contributed by atoms with Crippen LogP contribution in [0.4, 0.5) is 0 Å². The minimum Gasteiger partial charge on any atom is -0.285 e. The summed E-state index contributed by atoms with van der Waals surface area (Å²) < 4.78 is 8.99. The van der Waals surface area contributed by atoms with E-state index in [0.29, 0.717) is 0 Å². The van der Waals surface area contributed by atoms with Gasteiger partial charge in [0.05, 0.1) is 7.21 Å². The van der Waals surface area contributed by atoms with Gasteiger partial charge in [0.15, 0.2) is 0 Å². The Labute approximate surface area is 64.6 Å². The average molecular weight is 180 g/mol. The van der Waals surface area contributed by atoms with E-state index in [-0.39, 0.29) is 0 Å². The first kappa shape index (κ1) is 10.5. The topological polar surface area (TPSA) is 24.7 Å². The molecule has 0 aromatic carbocycles. The highest BCUT2D eigenvalue weighted by atomic mass is 31.2. The third-order valence-corrected chi connectivity index (χ3v) is 5.85. The summed E-state index contributed by atoms with van der Waals surface area (Å²) in [4.78, 5) is 0. The second-order valence-corrected chi connectivity index (χ2v) is 11.2. The number of hydrogen-bond donors (Lipinski definition) is 0. The number of nitrogens with zero attached hydrogens (tertiary/aromatic N) is 2. The van der Waals surface area contributed by atoms with Crippen LogP contribution in [0.2, 0.25) is 0 Å². The lowest BCUT2D eigenvalue weighted by molar-refractivity contribution is 1.46. The van der Waals surface area contributed by atoms with Gasteiger partial charge in [-0.1, -0.05) is 0 Å². The normalized spacial score (nSPS) is 13.0. The van der Waals surface area contributed by atoms with E-state index in [1.807, 2.05) is 7.05 Å². The summed E-state index contributed by atoms with van der Waals surface area (Å²) in [6.07, 6.45) is 0. The summed E-state index contributed by atoms with van der Waals surface area (Å²) >= 11 is 0. The molecule has 0 aliphatic carbocycles. The Morgan fingerprint density at radius 1 is 0.900 bits per heavy atom. The maximum Gasteiger partial charge on any atom is 0.0661 e. The van der Waals surface area contributed by atoms with Gasteiger partial charge in [-0.05, 0) is 40.4 Å². The van der Waals surface area contributed by atoms with Crippen molar-refractivity contribution in [2.24, 2.45) is 9.26 Å². The first-order valence-corrected chi connectivity index (χ1v) is 8.96. The molecule has 10 heavy (non-hydrogen) atoms. The van der Waals surface area contributed by atoms with E-state index < -0.39 is 14.3 Å². The van der Waals surface area contributed by atoms with Crippen molar-refractivity contribution in [3.8, 4) is 0 Å². The zero-order valence-electron chi connectivity index (χ0n) is 7.79. The van der Waals surface area contributed by atoms with E-state index in [1.54, 1.807) is 0 Å². The minimum atomic E-state index is -1.25. The fourth-order valence-corrected chi connectivity index (χ4v) is 6.27. The Morgan fingerprint density at radius 2 is 1.30 bits per heavy atom. The zero-order valence-corrected chi connectivity index (χ0v) is 9.58. The highest BCUT2D eigenvalue weighted by Crippen LogP contribution is 2.53. The van der Waals surface area contributed by atoms with Crippen molar-refractivity contribution < 1.29 is 0 Å². The Balaban J connectivity index is 4.76. The van der Waals surface area contributed by atoms with Gasteiger partial charge in [0, 0.05) is 7.05 Å². The van der Waals surface area contributed by atoms with Gasteiger partial charge in [0.25, 0.3) is 0 Å². The van der Waals surface area contributed by atoms with Crippen LogP contribution in [-0.4, -0.2) is 40.4 Å². The van der Waals surface area contributed by atoms with Crippen LogP contribution in [-0.2, 0) is 0 Å². The summed E-state index contributed by atoms with van der Waals surface area (Å²) in [6, 6.07) is 0. The molecule has 0 amide bonds. The molecule has 0 fully saturated rings. The summed E-state index contributed by atoms with van der Waals surface area (Å²) in [5.41, 5.74) is 0. The van der Waals surface area contributed by atoms with Crippen LogP contribution in [0, 0.1) is 0 Å². The highest BCUT2D eigenvalue weighted by Gasteiger charge is 2.03. The molecule has 0 bridgehead atoms. The summed E-state index contributed by atoms with van der Waals surface area (Å²) in [5, 5.41) is 0. The van der Waals surface area contributed by atoms with Crippen molar-refractivity contribution >= 4 is 14.3 Å². The Hall–Kier alpha value is 0.460. The molecule has 0 radical (unpaired) electrons. The molecule has 0 saturated heterocycles. The van der Waals surface area contributed by atoms with Crippen molar-refractivity contribution in [1.82, 2.24) is 0 Å². The van der Waals surface area contributed by atoms with Gasteiger partial charge in [-0.15, -0.1) is 0 Å². The van der Waals surface area contributed by atoms with E-state index in [2.05, 4.69) is 38.1 Å². The van der Waals surface area contributed by atoms with E-state index in [1.165, 1.54) is 0 Å². The summed E-state index contributed by atoms with van der Waals surface area (Å²) in [6.45, 7) is 11.0. The third kappa shape index (κ3) is 5.26. The lowest BCUT2D eigenvalue weighted by Gasteiger charge is -2.13. The Bertz CT molecular complexity index is 198. The molecular weight excluding hydrogens is 162 g/mol. The van der Waals surface area contributed by atoms with Crippen molar-refractivity contribution in [2.75, 3.05) is 40.4 Å². The molecular formula is C6H18N2P2. The van der Waals surface area contributed by atoms with Gasteiger partial charge >= 0.3 is 0 Å². The molecule has 0 N–H and O–H groups in total.